The molecule has 1 heterocycles. The van der Waals surface area contributed by atoms with Gasteiger partial charge in [-0.05, 0) is 31.9 Å². The standard InChI is InChI=1S/C17H23N3OS/c1-4-17(18,5-2)11-19-16(21)14-8-6-7-13(9-14)15-10-22-12(3)20-15/h6-10H,4-5,11,18H2,1-3H3,(H,19,21). The van der Waals surface area contributed by atoms with Crippen molar-refractivity contribution in [3.8, 4) is 11.3 Å². The number of amides is 1. The maximum Gasteiger partial charge on any atom is 0.251 e. The third kappa shape index (κ3) is 3.93. The normalized spacial score (nSPS) is 11.5. The Bertz CT molecular complexity index is 647. The quantitative estimate of drug-likeness (QED) is 0.858. The largest absolute Gasteiger partial charge is 0.350 e. The van der Waals surface area contributed by atoms with E-state index in [9.17, 15) is 4.79 Å². The predicted octanol–water partition coefficient (Wildman–Crippen LogP) is 3.37. The van der Waals surface area contributed by atoms with E-state index in [0.717, 1.165) is 29.1 Å². The molecule has 118 valence electrons. The van der Waals surface area contributed by atoms with Crippen LogP contribution in [0.5, 0.6) is 0 Å². The van der Waals surface area contributed by atoms with Crippen molar-refractivity contribution in [3.63, 3.8) is 0 Å². The molecule has 3 N–H and O–H groups in total. The van der Waals surface area contributed by atoms with Crippen molar-refractivity contribution in [2.75, 3.05) is 6.54 Å². The zero-order valence-electron chi connectivity index (χ0n) is 13.3. The summed E-state index contributed by atoms with van der Waals surface area (Å²) < 4.78 is 0. The van der Waals surface area contributed by atoms with Crippen LogP contribution in [0.3, 0.4) is 0 Å². The summed E-state index contributed by atoms with van der Waals surface area (Å²) in [4.78, 5) is 16.8. The average Bonchev–Trinajstić information content (AvgIpc) is 2.99. The molecule has 0 saturated carbocycles. The Morgan fingerprint density at radius 2 is 2.09 bits per heavy atom. The van der Waals surface area contributed by atoms with Crippen molar-refractivity contribution in [2.45, 2.75) is 39.2 Å². The highest BCUT2D eigenvalue weighted by Crippen LogP contribution is 2.22. The van der Waals surface area contributed by atoms with Crippen LogP contribution < -0.4 is 11.1 Å². The first-order valence-corrected chi connectivity index (χ1v) is 8.45. The van der Waals surface area contributed by atoms with Crippen molar-refractivity contribution in [1.29, 1.82) is 0 Å². The minimum absolute atomic E-state index is 0.0921. The summed E-state index contributed by atoms with van der Waals surface area (Å²) in [6, 6.07) is 7.54. The van der Waals surface area contributed by atoms with Crippen LogP contribution in [-0.2, 0) is 0 Å². The molecule has 0 aliphatic carbocycles. The molecule has 0 aliphatic heterocycles. The van der Waals surface area contributed by atoms with E-state index < -0.39 is 0 Å². The lowest BCUT2D eigenvalue weighted by Crippen LogP contribution is -2.49. The molecule has 0 radical (unpaired) electrons. The van der Waals surface area contributed by atoms with Gasteiger partial charge in [-0.25, -0.2) is 4.98 Å². The van der Waals surface area contributed by atoms with E-state index in [1.165, 1.54) is 0 Å². The number of aryl methyl sites for hydroxylation is 1. The fraction of sp³-hybridized carbons (Fsp3) is 0.412. The number of hydrogen-bond donors (Lipinski definition) is 2. The van der Waals surface area contributed by atoms with E-state index in [0.29, 0.717) is 12.1 Å². The van der Waals surface area contributed by atoms with Gasteiger partial charge in [0.25, 0.3) is 5.91 Å². The van der Waals surface area contributed by atoms with Gasteiger partial charge in [0.15, 0.2) is 0 Å². The molecule has 22 heavy (non-hydrogen) atoms. The van der Waals surface area contributed by atoms with E-state index >= 15 is 0 Å². The van der Waals surface area contributed by atoms with E-state index in [1.54, 1.807) is 11.3 Å². The van der Waals surface area contributed by atoms with Crippen LogP contribution >= 0.6 is 11.3 Å². The molecule has 2 rings (SSSR count). The molecule has 1 aromatic carbocycles. The molecule has 0 unspecified atom stereocenters. The lowest BCUT2D eigenvalue weighted by atomic mass is 9.94. The number of carbonyl (C=O) groups is 1. The van der Waals surface area contributed by atoms with Crippen LogP contribution in [-0.4, -0.2) is 23.0 Å². The van der Waals surface area contributed by atoms with E-state index in [4.69, 9.17) is 5.73 Å². The Hall–Kier alpha value is -1.72. The van der Waals surface area contributed by atoms with Gasteiger partial charge < -0.3 is 11.1 Å². The third-order valence-corrected chi connectivity index (χ3v) is 4.82. The van der Waals surface area contributed by atoms with Crippen LogP contribution in [0, 0.1) is 6.92 Å². The molecule has 4 nitrogen and oxygen atoms in total. The molecule has 0 spiro atoms. The highest BCUT2D eigenvalue weighted by Gasteiger charge is 2.21. The number of hydrogen-bond acceptors (Lipinski definition) is 4. The average molecular weight is 317 g/mol. The van der Waals surface area contributed by atoms with Gasteiger partial charge in [-0.15, -0.1) is 11.3 Å². The van der Waals surface area contributed by atoms with Crippen LogP contribution in [0.4, 0.5) is 0 Å². The predicted molar refractivity (Wildman–Crippen MR) is 92.1 cm³/mol. The first-order chi connectivity index (χ1) is 10.5. The number of nitrogens with zero attached hydrogens (tertiary/aromatic N) is 1. The van der Waals surface area contributed by atoms with Crippen molar-refractivity contribution in [1.82, 2.24) is 10.3 Å². The van der Waals surface area contributed by atoms with Crippen LogP contribution in [0.2, 0.25) is 0 Å². The molecule has 0 atom stereocenters. The third-order valence-electron chi connectivity index (χ3n) is 4.05. The van der Waals surface area contributed by atoms with Gasteiger partial charge in [0.05, 0.1) is 10.7 Å². The molecule has 1 amide bonds. The molecule has 0 aliphatic rings. The van der Waals surface area contributed by atoms with Gasteiger partial charge in [0.1, 0.15) is 0 Å². The second kappa shape index (κ2) is 7.03. The number of carbonyl (C=O) groups excluding carboxylic acids is 1. The monoisotopic (exact) mass is 317 g/mol. The zero-order chi connectivity index (χ0) is 16.2. The van der Waals surface area contributed by atoms with Crippen molar-refractivity contribution in [3.05, 3.63) is 40.2 Å². The molecule has 5 heteroatoms. The van der Waals surface area contributed by atoms with Crippen LogP contribution in [0.15, 0.2) is 29.6 Å². The Morgan fingerprint density at radius 3 is 2.68 bits per heavy atom. The maximum atomic E-state index is 12.3. The van der Waals surface area contributed by atoms with Gasteiger partial charge in [0.2, 0.25) is 0 Å². The minimum atomic E-state index is -0.334. The SMILES string of the molecule is CCC(N)(CC)CNC(=O)c1cccc(-c2csc(C)n2)c1. The number of aromatic nitrogens is 1. The molecule has 1 aromatic heterocycles. The maximum absolute atomic E-state index is 12.3. The van der Waals surface area contributed by atoms with Crippen molar-refractivity contribution >= 4 is 17.2 Å². The fourth-order valence-electron chi connectivity index (χ4n) is 2.17. The first kappa shape index (κ1) is 16.6. The molecular formula is C17H23N3OS. The lowest BCUT2D eigenvalue weighted by Gasteiger charge is -2.26. The number of thiazole rings is 1. The summed E-state index contributed by atoms with van der Waals surface area (Å²) in [6.07, 6.45) is 1.67. The second-order valence-electron chi connectivity index (χ2n) is 5.58. The Kier molecular flexibility index (Phi) is 5.32. The molecule has 0 bridgehead atoms. The van der Waals surface area contributed by atoms with Crippen molar-refractivity contribution in [2.24, 2.45) is 5.73 Å². The smallest absolute Gasteiger partial charge is 0.251 e. The summed E-state index contributed by atoms with van der Waals surface area (Å²) in [5, 5.41) is 5.97. The topological polar surface area (TPSA) is 68.0 Å². The van der Waals surface area contributed by atoms with Crippen LogP contribution in [0.25, 0.3) is 11.3 Å². The fourth-order valence-corrected chi connectivity index (χ4v) is 2.80. The number of nitrogens with one attached hydrogen (secondary N) is 1. The zero-order valence-corrected chi connectivity index (χ0v) is 14.2. The van der Waals surface area contributed by atoms with Gasteiger partial charge in [-0.2, -0.15) is 0 Å². The van der Waals surface area contributed by atoms with Gasteiger partial charge in [-0.1, -0.05) is 26.0 Å². The van der Waals surface area contributed by atoms with E-state index in [1.807, 2.05) is 50.4 Å². The highest BCUT2D eigenvalue weighted by molar-refractivity contribution is 7.09. The summed E-state index contributed by atoms with van der Waals surface area (Å²) in [7, 11) is 0. The second-order valence-corrected chi connectivity index (χ2v) is 6.65. The minimum Gasteiger partial charge on any atom is -0.350 e. The van der Waals surface area contributed by atoms with Gasteiger partial charge in [-0.3, -0.25) is 4.79 Å². The molecule has 0 saturated heterocycles. The number of benzene rings is 1. The Balaban J connectivity index is 2.11. The Labute approximate surface area is 135 Å². The van der Waals surface area contributed by atoms with E-state index in [-0.39, 0.29) is 11.4 Å². The molecule has 2 aromatic rings. The summed E-state index contributed by atoms with van der Waals surface area (Å²) in [5.41, 5.74) is 8.40. The molecule has 0 fully saturated rings. The Morgan fingerprint density at radius 1 is 1.36 bits per heavy atom. The summed E-state index contributed by atoms with van der Waals surface area (Å²) in [5.74, 6) is -0.0921. The highest BCUT2D eigenvalue weighted by atomic mass is 32.1. The van der Waals surface area contributed by atoms with E-state index in [2.05, 4.69) is 10.3 Å². The molecular weight excluding hydrogens is 294 g/mol. The van der Waals surface area contributed by atoms with Crippen molar-refractivity contribution < 1.29 is 4.79 Å². The van der Waals surface area contributed by atoms with Gasteiger partial charge >= 0.3 is 0 Å². The first-order valence-electron chi connectivity index (χ1n) is 7.57. The summed E-state index contributed by atoms with van der Waals surface area (Å²) in [6.45, 7) is 6.54. The number of rotatable bonds is 6. The van der Waals surface area contributed by atoms with Crippen LogP contribution in [0.1, 0.15) is 42.1 Å². The lowest BCUT2D eigenvalue weighted by molar-refractivity contribution is 0.0942. The number of nitrogens with two attached hydrogens (primary N) is 1. The van der Waals surface area contributed by atoms with Gasteiger partial charge in [0, 0.05) is 28.6 Å². The summed E-state index contributed by atoms with van der Waals surface area (Å²) >= 11 is 1.60.